The molecule has 1 aliphatic carbocycles. The van der Waals surface area contributed by atoms with Crippen LogP contribution < -0.4 is 16.0 Å². The number of urea groups is 1. The van der Waals surface area contributed by atoms with Crippen LogP contribution in [0.2, 0.25) is 0 Å². The predicted molar refractivity (Wildman–Crippen MR) is 160 cm³/mol. The van der Waals surface area contributed by atoms with Gasteiger partial charge in [0, 0.05) is 31.0 Å². The van der Waals surface area contributed by atoms with Crippen molar-refractivity contribution in [1.82, 2.24) is 25.8 Å². The maximum absolute atomic E-state index is 14.1. The molecule has 44 heavy (non-hydrogen) atoms. The van der Waals surface area contributed by atoms with Crippen LogP contribution in [-0.2, 0) is 32.2 Å². The molecule has 238 valence electrons. The highest BCUT2D eigenvalue weighted by molar-refractivity contribution is 5.96. The zero-order valence-corrected chi connectivity index (χ0v) is 25.6. The number of allylic oxidation sites excluding steroid dienone is 1. The molecule has 1 saturated heterocycles. The Morgan fingerprint density at radius 3 is 2.43 bits per heavy atom. The number of carboxylic acids is 1. The van der Waals surface area contributed by atoms with Gasteiger partial charge in [-0.05, 0) is 57.6 Å². The molecule has 3 aliphatic heterocycles. The topological polar surface area (TPSA) is 157 Å². The number of carbonyl (C=O) groups is 5. The SMILES string of the molecule is CC(C)(C)NC(=O)N[C@H]1CCCCC/C=C/[C@@H]2C[C@@]2(C(=O)O)NC(=O)[C@@H]2C[C@@H](OC(=O)N3Cc4ccccc4C3)CN2C1=O. The second-order valence-corrected chi connectivity index (χ2v) is 13.4. The first kappa shape index (κ1) is 31.3. The van der Waals surface area contributed by atoms with E-state index in [0.717, 1.165) is 30.4 Å². The molecule has 4 aliphatic rings. The van der Waals surface area contributed by atoms with Gasteiger partial charge in [0.1, 0.15) is 23.7 Å². The predicted octanol–water partition coefficient (Wildman–Crippen LogP) is 3.05. The summed E-state index contributed by atoms with van der Waals surface area (Å²) in [5.74, 6) is -2.56. The molecule has 0 aromatic heterocycles. The van der Waals surface area contributed by atoms with Crippen molar-refractivity contribution in [2.24, 2.45) is 5.92 Å². The number of benzene rings is 1. The molecule has 1 saturated carbocycles. The Kier molecular flexibility index (Phi) is 8.90. The number of carbonyl (C=O) groups excluding carboxylic acids is 4. The van der Waals surface area contributed by atoms with E-state index in [2.05, 4.69) is 16.0 Å². The molecule has 0 spiro atoms. The molecule has 0 radical (unpaired) electrons. The Labute approximate surface area is 257 Å². The van der Waals surface area contributed by atoms with Crippen LogP contribution in [0.15, 0.2) is 36.4 Å². The fourth-order valence-corrected chi connectivity index (χ4v) is 6.36. The van der Waals surface area contributed by atoms with E-state index >= 15 is 0 Å². The van der Waals surface area contributed by atoms with Gasteiger partial charge in [-0.3, -0.25) is 14.5 Å². The Morgan fingerprint density at radius 2 is 1.77 bits per heavy atom. The normalized spacial score (nSPS) is 29.6. The van der Waals surface area contributed by atoms with Gasteiger partial charge < -0.3 is 30.7 Å². The molecule has 0 unspecified atom stereocenters. The summed E-state index contributed by atoms with van der Waals surface area (Å²) in [4.78, 5) is 69.0. The third-order valence-electron chi connectivity index (χ3n) is 8.78. The minimum Gasteiger partial charge on any atom is -0.479 e. The average Bonchev–Trinajstić information content (AvgIpc) is 3.27. The van der Waals surface area contributed by atoms with E-state index < -0.39 is 59.2 Å². The van der Waals surface area contributed by atoms with Gasteiger partial charge in [0.2, 0.25) is 11.8 Å². The van der Waals surface area contributed by atoms with Crippen LogP contribution in [0.25, 0.3) is 0 Å². The van der Waals surface area contributed by atoms with Gasteiger partial charge in [0.05, 0.1) is 6.54 Å². The maximum Gasteiger partial charge on any atom is 0.410 e. The lowest BCUT2D eigenvalue weighted by Crippen LogP contribution is -2.58. The molecule has 3 heterocycles. The third kappa shape index (κ3) is 7.00. The minimum atomic E-state index is -1.44. The van der Waals surface area contributed by atoms with Gasteiger partial charge in [-0.25, -0.2) is 14.4 Å². The zero-order valence-electron chi connectivity index (χ0n) is 25.6. The summed E-state index contributed by atoms with van der Waals surface area (Å²) in [5.41, 5.74) is 0.0959. The lowest BCUT2D eigenvalue weighted by molar-refractivity contribution is -0.145. The molecule has 4 N–H and O–H groups in total. The minimum absolute atomic E-state index is 0.0151. The number of aliphatic carboxylic acids is 1. The number of hydrogen-bond donors (Lipinski definition) is 4. The van der Waals surface area contributed by atoms with Crippen LogP contribution in [0, 0.1) is 5.92 Å². The molecule has 12 heteroatoms. The summed E-state index contributed by atoms with van der Waals surface area (Å²) in [6.45, 7) is 6.26. The molecule has 12 nitrogen and oxygen atoms in total. The lowest BCUT2D eigenvalue weighted by atomic mass is 10.0. The second kappa shape index (κ2) is 12.5. The molecule has 1 aromatic rings. The highest BCUT2D eigenvalue weighted by atomic mass is 16.6. The number of ether oxygens (including phenoxy) is 1. The molecule has 5 amide bonds. The fraction of sp³-hybridized carbons (Fsp3) is 0.594. The summed E-state index contributed by atoms with van der Waals surface area (Å²) in [7, 11) is 0. The molecule has 5 atom stereocenters. The highest BCUT2D eigenvalue weighted by Crippen LogP contribution is 2.45. The summed E-state index contributed by atoms with van der Waals surface area (Å²) in [6.07, 6.45) is 6.18. The summed E-state index contributed by atoms with van der Waals surface area (Å²) in [5, 5.41) is 18.4. The Morgan fingerprint density at radius 1 is 1.07 bits per heavy atom. The van der Waals surface area contributed by atoms with Crippen LogP contribution in [0.4, 0.5) is 9.59 Å². The first-order chi connectivity index (χ1) is 20.9. The molecular weight excluding hydrogens is 566 g/mol. The molecule has 0 bridgehead atoms. The average molecular weight is 610 g/mol. The van der Waals surface area contributed by atoms with Gasteiger partial charge >= 0.3 is 18.1 Å². The standard InChI is InChI=1S/C32H43N5O7/c1-31(2,3)35-29(42)33-24-14-8-6-4-5-7-13-22-16-32(22,28(40)41)34-26(38)25-15-23(19-37(25)27(24)39)44-30(43)36-17-20-11-9-10-12-21(20)18-36/h7,9-13,22-25H,4-6,8,14-19H2,1-3H3,(H,34,38)(H,40,41)(H2,33,35,42)/b13-7+/t22-,23-,24+,25+,32-/m1/s1. The Bertz CT molecular complexity index is 1320. The number of nitrogens with one attached hydrogen (secondary N) is 3. The third-order valence-corrected chi connectivity index (χ3v) is 8.78. The van der Waals surface area contributed by atoms with Crippen molar-refractivity contribution in [2.45, 2.75) is 108 Å². The molecule has 5 rings (SSSR count). The van der Waals surface area contributed by atoms with Crippen molar-refractivity contribution in [3.8, 4) is 0 Å². The molecule has 2 fully saturated rings. The van der Waals surface area contributed by atoms with Crippen molar-refractivity contribution in [3.05, 3.63) is 47.5 Å². The first-order valence-corrected chi connectivity index (χ1v) is 15.5. The van der Waals surface area contributed by atoms with Crippen molar-refractivity contribution < 1.29 is 33.8 Å². The fourth-order valence-electron chi connectivity index (χ4n) is 6.36. The van der Waals surface area contributed by atoms with Gasteiger partial charge in [0.15, 0.2) is 0 Å². The van der Waals surface area contributed by atoms with Crippen LogP contribution in [-0.4, -0.2) is 80.6 Å². The summed E-state index contributed by atoms with van der Waals surface area (Å²) >= 11 is 0. The summed E-state index contributed by atoms with van der Waals surface area (Å²) in [6, 6.07) is 5.25. The number of fused-ring (bicyclic) bond motifs is 3. The van der Waals surface area contributed by atoms with Crippen molar-refractivity contribution in [2.75, 3.05) is 6.54 Å². The number of hydrogen-bond acceptors (Lipinski definition) is 6. The maximum atomic E-state index is 14.1. The van der Waals surface area contributed by atoms with E-state index in [-0.39, 0.29) is 25.3 Å². The van der Waals surface area contributed by atoms with Gasteiger partial charge in [0.25, 0.3) is 0 Å². The van der Waals surface area contributed by atoms with Crippen LogP contribution in [0.1, 0.15) is 76.8 Å². The summed E-state index contributed by atoms with van der Waals surface area (Å²) < 4.78 is 5.84. The highest BCUT2D eigenvalue weighted by Gasteiger charge is 2.61. The van der Waals surface area contributed by atoms with E-state index in [9.17, 15) is 29.1 Å². The number of rotatable bonds is 3. The first-order valence-electron chi connectivity index (χ1n) is 15.5. The van der Waals surface area contributed by atoms with Crippen molar-refractivity contribution in [1.29, 1.82) is 0 Å². The number of nitrogens with zero attached hydrogens (tertiary/aromatic N) is 2. The van der Waals surface area contributed by atoms with E-state index in [0.29, 0.717) is 25.9 Å². The van der Waals surface area contributed by atoms with Gasteiger partial charge in [-0.2, -0.15) is 0 Å². The second-order valence-electron chi connectivity index (χ2n) is 13.4. The van der Waals surface area contributed by atoms with E-state index in [1.54, 1.807) is 4.90 Å². The monoisotopic (exact) mass is 609 g/mol. The van der Waals surface area contributed by atoms with Crippen molar-refractivity contribution >= 4 is 29.9 Å². The van der Waals surface area contributed by atoms with E-state index in [1.807, 2.05) is 57.2 Å². The quantitative estimate of drug-likeness (QED) is 0.384. The zero-order chi connectivity index (χ0) is 31.6. The number of carboxylic acid groups (broad SMARTS) is 1. The van der Waals surface area contributed by atoms with E-state index in [1.165, 1.54) is 4.90 Å². The van der Waals surface area contributed by atoms with Crippen LogP contribution in [0.5, 0.6) is 0 Å². The van der Waals surface area contributed by atoms with Gasteiger partial charge in [-0.1, -0.05) is 49.3 Å². The van der Waals surface area contributed by atoms with Crippen LogP contribution in [0.3, 0.4) is 0 Å². The van der Waals surface area contributed by atoms with E-state index in [4.69, 9.17) is 4.74 Å². The molecular formula is C32H43N5O7. The Hall–Kier alpha value is -4.09. The lowest BCUT2D eigenvalue weighted by Gasteiger charge is -2.30. The molecule has 1 aromatic carbocycles. The van der Waals surface area contributed by atoms with Crippen LogP contribution >= 0.6 is 0 Å². The largest absolute Gasteiger partial charge is 0.479 e. The number of amides is 5. The van der Waals surface area contributed by atoms with Crippen molar-refractivity contribution in [3.63, 3.8) is 0 Å². The Balaban J connectivity index is 1.37. The smallest absolute Gasteiger partial charge is 0.410 e. The van der Waals surface area contributed by atoms with Gasteiger partial charge in [-0.15, -0.1) is 0 Å².